The number of nitrogens with zero attached hydrogens (tertiary/aromatic N) is 4. The molecular weight excluding hydrogens is 339 g/mol. The zero-order valence-electron chi connectivity index (χ0n) is 8.59. The van der Waals surface area contributed by atoms with Crippen molar-refractivity contribution in [3.63, 3.8) is 0 Å². The van der Waals surface area contributed by atoms with Gasteiger partial charge in [-0.3, -0.25) is 0 Å². The van der Waals surface area contributed by atoms with E-state index in [4.69, 9.17) is 10.8 Å². The van der Waals surface area contributed by atoms with E-state index in [9.17, 15) is 4.79 Å². The number of halogens is 1. The second-order valence-corrected chi connectivity index (χ2v) is 4.23. The third-order valence-corrected chi connectivity index (χ3v) is 2.87. The van der Waals surface area contributed by atoms with E-state index < -0.39 is 6.09 Å². The van der Waals surface area contributed by atoms with Gasteiger partial charge in [0.2, 0.25) is 0 Å². The van der Waals surface area contributed by atoms with Crippen molar-refractivity contribution in [1.82, 2.24) is 25.1 Å². The van der Waals surface area contributed by atoms with Gasteiger partial charge in [0.25, 0.3) is 0 Å². The Morgan fingerprint density at radius 1 is 1.59 bits per heavy atom. The lowest BCUT2D eigenvalue weighted by molar-refractivity contribution is 0.194. The Balaban J connectivity index is 2.29. The van der Waals surface area contributed by atoms with Gasteiger partial charge in [-0.1, -0.05) is 0 Å². The highest BCUT2D eigenvalue weighted by Crippen LogP contribution is 2.21. The van der Waals surface area contributed by atoms with Crippen LogP contribution in [-0.4, -0.2) is 37.5 Å². The number of carbonyl (C=O) groups is 1. The lowest BCUT2D eigenvalue weighted by Gasteiger charge is -2.02. The summed E-state index contributed by atoms with van der Waals surface area (Å²) in [5, 5.41) is 15.7. The molecule has 9 heteroatoms. The predicted molar refractivity (Wildman–Crippen MR) is 68.5 cm³/mol. The number of nitrogens with one attached hydrogen (secondary N) is 1. The maximum Gasteiger partial charge on any atom is 0.404 e. The van der Waals surface area contributed by atoms with E-state index in [1.807, 2.05) is 22.6 Å². The molecule has 1 amide bonds. The van der Waals surface area contributed by atoms with Crippen LogP contribution in [0.1, 0.15) is 0 Å². The number of fused-ring (bicyclic) bond motifs is 1. The largest absolute Gasteiger partial charge is 0.465 e. The second kappa shape index (κ2) is 4.69. The molecule has 17 heavy (non-hydrogen) atoms. The Hall–Kier alpha value is -1.65. The number of carboxylic acid groups (broad SMARTS) is 1. The number of hydrogen-bond donors (Lipinski definition) is 3. The number of hydrogen-bond acceptors (Lipinski definition) is 5. The number of rotatable bonds is 3. The van der Waals surface area contributed by atoms with Gasteiger partial charge < -0.3 is 16.2 Å². The smallest absolute Gasteiger partial charge is 0.404 e. The van der Waals surface area contributed by atoms with Crippen LogP contribution in [0.2, 0.25) is 0 Å². The summed E-state index contributed by atoms with van der Waals surface area (Å²) in [6.07, 6.45) is 0.293. The molecule has 0 radical (unpaired) electrons. The minimum atomic E-state index is -1.06. The average Bonchev–Trinajstić information content (AvgIpc) is 2.57. The fourth-order valence-electron chi connectivity index (χ4n) is 1.41. The predicted octanol–water partition coefficient (Wildman–Crippen LogP) is 0.281. The molecule has 0 aliphatic carbocycles. The number of amides is 1. The summed E-state index contributed by atoms with van der Waals surface area (Å²) in [4.78, 5) is 18.3. The molecule has 0 saturated carbocycles. The van der Waals surface area contributed by atoms with E-state index in [1.165, 1.54) is 6.33 Å². The van der Waals surface area contributed by atoms with Crippen LogP contribution in [0.3, 0.4) is 0 Å². The zero-order chi connectivity index (χ0) is 12.4. The van der Waals surface area contributed by atoms with E-state index in [-0.39, 0.29) is 6.54 Å². The zero-order valence-corrected chi connectivity index (χ0v) is 10.7. The topological polar surface area (TPSA) is 119 Å². The molecule has 2 heterocycles. The average molecular weight is 348 g/mol. The summed E-state index contributed by atoms with van der Waals surface area (Å²) in [6.45, 7) is 0.647. The fraction of sp³-hybridized carbons (Fsp3) is 0.250. The standard InChI is InChI=1S/C8H9IN6O2/c9-5-4-6(10)12-3-13-7(4)15(14-5)2-1-11-8(16)17/h3,11H,1-2H2,(H,16,17)(H2,10,12,13). The Bertz CT molecular complexity index is 568. The van der Waals surface area contributed by atoms with Gasteiger partial charge in [0.05, 0.1) is 11.9 Å². The highest BCUT2D eigenvalue weighted by atomic mass is 127. The van der Waals surface area contributed by atoms with E-state index in [1.54, 1.807) is 4.68 Å². The molecule has 90 valence electrons. The first kappa shape index (κ1) is 11.8. The Labute approximate surface area is 109 Å². The summed E-state index contributed by atoms with van der Waals surface area (Å²) in [7, 11) is 0. The third-order valence-electron chi connectivity index (χ3n) is 2.12. The Morgan fingerprint density at radius 3 is 3.06 bits per heavy atom. The molecule has 0 fully saturated rings. The number of aromatic nitrogens is 4. The first-order valence-electron chi connectivity index (χ1n) is 4.69. The van der Waals surface area contributed by atoms with Gasteiger partial charge in [-0.05, 0) is 22.6 Å². The molecule has 2 aromatic heterocycles. The van der Waals surface area contributed by atoms with Gasteiger partial charge in [-0.2, -0.15) is 5.10 Å². The summed E-state index contributed by atoms with van der Waals surface area (Å²) < 4.78 is 2.30. The molecule has 4 N–H and O–H groups in total. The molecule has 0 aliphatic rings. The first-order chi connectivity index (χ1) is 8.09. The van der Waals surface area contributed by atoms with Gasteiger partial charge in [0, 0.05) is 6.54 Å². The molecular formula is C8H9IN6O2. The molecule has 0 atom stereocenters. The van der Waals surface area contributed by atoms with Crippen LogP contribution < -0.4 is 11.1 Å². The summed E-state index contributed by atoms with van der Waals surface area (Å²) in [5.74, 6) is 0.372. The third kappa shape index (κ3) is 2.38. The monoisotopic (exact) mass is 348 g/mol. The van der Waals surface area contributed by atoms with Crippen molar-refractivity contribution in [1.29, 1.82) is 0 Å². The van der Waals surface area contributed by atoms with Crippen molar-refractivity contribution in [3.05, 3.63) is 10.0 Å². The number of nitrogen functional groups attached to an aromatic ring is 1. The Kier molecular flexibility index (Phi) is 3.26. The summed E-state index contributed by atoms with van der Waals surface area (Å²) in [6, 6.07) is 0. The van der Waals surface area contributed by atoms with Crippen molar-refractivity contribution >= 4 is 45.5 Å². The first-order valence-corrected chi connectivity index (χ1v) is 5.76. The van der Waals surface area contributed by atoms with Gasteiger partial charge in [-0.25, -0.2) is 19.4 Å². The number of anilines is 1. The molecule has 0 aromatic carbocycles. The van der Waals surface area contributed by atoms with E-state index in [0.29, 0.717) is 27.1 Å². The minimum absolute atomic E-state index is 0.256. The van der Waals surface area contributed by atoms with Crippen molar-refractivity contribution in [2.75, 3.05) is 12.3 Å². The molecule has 0 unspecified atom stereocenters. The van der Waals surface area contributed by atoms with Crippen LogP contribution in [0, 0.1) is 3.70 Å². The quantitative estimate of drug-likeness (QED) is 0.686. The maximum absolute atomic E-state index is 10.3. The van der Waals surface area contributed by atoms with E-state index in [0.717, 1.165) is 0 Å². The number of nitrogens with two attached hydrogens (primary N) is 1. The maximum atomic E-state index is 10.3. The van der Waals surface area contributed by atoms with Gasteiger partial charge >= 0.3 is 6.09 Å². The molecule has 2 aromatic rings. The highest BCUT2D eigenvalue weighted by Gasteiger charge is 2.12. The fourth-order valence-corrected chi connectivity index (χ4v) is 2.19. The van der Waals surface area contributed by atoms with Gasteiger partial charge in [-0.15, -0.1) is 0 Å². The van der Waals surface area contributed by atoms with Crippen LogP contribution >= 0.6 is 22.6 Å². The van der Waals surface area contributed by atoms with Crippen molar-refractivity contribution in [3.8, 4) is 0 Å². The molecule has 0 saturated heterocycles. The molecule has 0 bridgehead atoms. The Morgan fingerprint density at radius 2 is 2.35 bits per heavy atom. The minimum Gasteiger partial charge on any atom is -0.465 e. The van der Waals surface area contributed by atoms with Gasteiger partial charge in [0.15, 0.2) is 5.65 Å². The summed E-state index contributed by atoms with van der Waals surface area (Å²) >= 11 is 2.04. The SMILES string of the molecule is Nc1ncnc2c1c(I)nn2CCNC(=O)O. The molecule has 8 nitrogen and oxygen atoms in total. The normalized spacial score (nSPS) is 10.6. The van der Waals surface area contributed by atoms with Crippen molar-refractivity contribution in [2.24, 2.45) is 0 Å². The molecule has 2 rings (SSSR count). The highest BCUT2D eigenvalue weighted by molar-refractivity contribution is 14.1. The lowest BCUT2D eigenvalue weighted by Crippen LogP contribution is -2.25. The van der Waals surface area contributed by atoms with Crippen LogP contribution in [0.15, 0.2) is 6.33 Å². The van der Waals surface area contributed by atoms with Crippen LogP contribution in [0.4, 0.5) is 10.6 Å². The molecule has 0 spiro atoms. The van der Waals surface area contributed by atoms with Crippen molar-refractivity contribution in [2.45, 2.75) is 6.54 Å². The van der Waals surface area contributed by atoms with Crippen molar-refractivity contribution < 1.29 is 9.90 Å². The van der Waals surface area contributed by atoms with Crippen LogP contribution in [-0.2, 0) is 6.54 Å². The second-order valence-electron chi connectivity index (χ2n) is 3.20. The van der Waals surface area contributed by atoms with Crippen LogP contribution in [0.25, 0.3) is 11.0 Å². The van der Waals surface area contributed by atoms with Gasteiger partial charge in [0.1, 0.15) is 15.8 Å². The lowest BCUT2D eigenvalue weighted by atomic mass is 10.4. The van der Waals surface area contributed by atoms with E-state index in [2.05, 4.69) is 20.4 Å². The molecule has 0 aliphatic heterocycles. The van der Waals surface area contributed by atoms with Crippen LogP contribution in [0.5, 0.6) is 0 Å². The summed E-state index contributed by atoms with van der Waals surface area (Å²) in [5.41, 5.74) is 6.33. The van der Waals surface area contributed by atoms with E-state index >= 15 is 0 Å².